The molecule has 0 atom stereocenters. The van der Waals surface area contributed by atoms with Gasteiger partial charge in [-0.1, -0.05) is 13.8 Å². The number of hydrogen-bond donors (Lipinski definition) is 0. The zero-order valence-corrected chi connectivity index (χ0v) is 10.9. The third-order valence-corrected chi connectivity index (χ3v) is 2.47. The molecular formula is C14H18O4. The molecule has 0 aromatic heterocycles. The lowest BCUT2D eigenvalue weighted by molar-refractivity contribution is -0.134. The summed E-state index contributed by atoms with van der Waals surface area (Å²) in [5.74, 6) is 0.895. The van der Waals surface area contributed by atoms with Gasteiger partial charge in [-0.3, -0.25) is 9.59 Å². The standard InChI is InChI=1S/C14H18O4/c1-10(2)4-7-14(16)18-12-6-5-11(9-15)8-13(12)17-3/h5-6,8-10H,4,7H2,1-3H3. The molecule has 0 spiro atoms. The molecule has 0 heterocycles. The molecule has 4 nitrogen and oxygen atoms in total. The first-order valence-electron chi connectivity index (χ1n) is 5.90. The highest BCUT2D eigenvalue weighted by molar-refractivity contribution is 5.78. The second-order valence-electron chi connectivity index (χ2n) is 4.43. The molecule has 0 aliphatic rings. The van der Waals surface area contributed by atoms with Crippen molar-refractivity contribution in [3.8, 4) is 11.5 Å². The first-order chi connectivity index (χ1) is 8.56. The Morgan fingerprint density at radius 3 is 2.61 bits per heavy atom. The second kappa shape index (κ2) is 6.79. The fourth-order valence-corrected chi connectivity index (χ4v) is 1.42. The van der Waals surface area contributed by atoms with Gasteiger partial charge in [0.15, 0.2) is 11.5 Å². The van der Waals surface area contributed by atoms with E-state index in [1.807, 2.05) is 13.8 Å². The van der Waals surface area contributed by atoms with Crippen LogP contribution in [0.1, 0.15) is 37.0 Å². The summed E-state index contributed by atoms with van der Waals surface area (Å²) in [6, 6.07) is 4.69. The number of aldehydes is 1. The number of rotatable bonds is 6. The van der Waals surface area contributed by atoms with Gasteiger partial charge in [0.2, 0.25) is 0 Å². The summed E-state index contributed by atoms with van der Waals surface area (Å²) in [4.78, 5) is 22.2. The van der Waals surface area contributed by atoms with E-state index in [1.54, 1.807) is 12.1 Å². The van der Waals surface area contributed by atoms with Crippen LogP contribution >= 0.6 is 0 Å². The molecule has 0 bridgehead atoms. The van der Waals surface area contributed by atoms with Crippen LogP contribution in [0.25, 0.3) is 0 Å². The number of benzene rings is 1. The molecule has 0 fully saturated rings. The Morgan fingerprint density at radius 1 is 1.33 bits per heavy atom. The van der Waals surface area contributed by atoms with E-state index in [9.17, 15) is 9.59 Å². The van der Waals surface area contributed by atoms with Crippen LogP contribution in [0, 0.1) is 5.92 Å². The molecule has 98 valence electrons. The highest BCUT2D eigenvalue weighted by Crippen LogP contribution is 2.28. The van der Waals surface area contributed by atoms with E-state index >= 15 is 0 Å². The summed E-state index contributed by atoms with van der Waals surface area (Å²) in [7, 11) is 1.47. The Labute approximate surface area is 107 Å². The van der Waals surface area contributed by atoms with Crippen molar-refractivity contribution in [2.24, 2.45) is 5.92 Å². The molecular weight excluding hydrogens is 232 g/mol. The second-order valence-corrected chi connectivity index (χ2v) is 4.43. The predicted molar refractivity (Wildman–Crippen MR) is 68.1 cm³/mol. The van der Waals surface area contributed by atoms with Crippen molar-refractivity contribution >= 4 is 12.3 Å². The fraction of sp³-hybridized carbons (Fsp3) is 0.429. The molecule has 1 aromatic rings. The van der Waals surface area contributed by atoms with E-state index in [2.05, 4.69) is 0 Å². The van der Waals surface area contributed by atoms with Crippen LogP contribution in [-0.2, 0) is 4.79 Å². The molecule has 0 saturated heterocycles. The van der Waals surface area contributed by atoms with Crippen LogP contribution in [0.15, 0.2) is 18.2 Å². The molecule has 0 saturated carbocycles. The van der Waals surface area contributed by atoms with E-state index in [0.29, 0.717) is 35.7 Å². The summed E-state index contributed by atoms with van der Waals surface area (Å²) in [6.45, 7) is 4.10. The van der Waals surface area contributed by atoms with E-state index < -0.39 is 0 Å². The van der Waals surface area contributed by atoms with E-state index in [0.717, 1.165) is 6.42 Å². The Balaban J connectivity index is 2.71. The third kappa shape index (κ3) is 4.20. The average Bonchev–Trinajstić information content (AvgIpc) is 2.36. The van der Waals surface area contributed by atoms with Gasteiger partial charge >= 0.3 is 5.97 Å². The van der Waals surface area contributed by atoms with E-state index in [-0.39, 0.29) is 5.97 Å². The van der Waals surface area contributed by atoms with Gasteiger partial charge in [-0.25, -0.2) is 0 Å². The minimum absolute atomic E-state index is 0.291. The van der Waals surface area contributed by atoms with Gasteiger partial charge in [0, 0.05) is 12.0 Å². The minimum Gasteiger partial charge on any atom is -0.493 e. The summed E-state index contributed by atoms with van der Waals surface area (Å²) in [5, 5.41) is 0. The summed E-state index contributed by atoms with van der Waals surface area (Å²) >= 11 is 0. The van der Waals surface area contributed by atoms with E-state index in [4.69, 9.17) is 9.47 Å². The van der Waals surface area contributed by atoms with Crippen molar-refractivity contribution in [1.29, 1.82) is 0 Å². The maximum absolute atomic E-state index is 11.6. The van der Waals surface area contributed by atoms with Crippen LogP contribution in [0.2, 0.25) is 0 Å². The number of carbonyl (C=O) groups is 2. The van der Waals surface area contributed by atoms with Crippen molar-refractivity contribution in [2.45, 2.75) is 26.7 Å². The molecule has 1 aromatic carbocycles. The number of ether oxygens (including phenoxy) is 2. The molecule has 0 N–H and O–H groups in total. The molecule has 0 amide bonds. The van der Waals surface area contributed by atoms with Crippen molar-refractivity contribution in [1.82, 2.24) is 0 Å². The topological polar surface area (TPSA) is 52.6 Å². The number of methoxy groups -OCH3 is 1. The predicted octanol–water partition coefficient (Wildman–Crippen LogP) is 2.85. The largest absolute Gasteiger partial charge is 0.493 e. The first-order valence-corrected chi connectivity index (χ1v) is 5.90. The molecule has 0 aliphatic carbocycles. The number of esters is 1. The molecule has 0 radical (unpaired) electrons. The molecule has 0 aliphatic heterocycles. The zero-order valence-electron chi connectivity index (χ0n) is 10.9. The SMILES string of the molecule is COc1cc(C=O)ccc1OC(=O)CCC(C)C. The molecule has 18 heavy (non-hydrogen) atoms. The molecule has 1 rings (SSSR count). The first kappa shape index (κ1) is 14.2. The lowest BCUT2D eigenvalue weighted by Gasteiger charge is -2.10. The maximum atomic E-state index is 11.6. The molecule has 0 unspecified atom stereocenters. The summed E-state index contributed by atoms with van der Waals surface area (Å²) in [6.07, 6.45) is 1.87. The maximum Gasteiger partial charge on any atom is 0.311 e. The van der Waals surface area contributed by atoms with Crippen molar-refractivity contribution in [3.05, 3.63) is 23.8 Å². The minimum atomic E-state index is -0.291. The van der Waals surface area contributed by atoms with Gasteiger partial charge in [-0.15, -0.1) is 0 Å². The average molecular weight is 250 g/mol. The summed E-state index contributed by atoms with van der Waals surface area (Å²) < 4.78 is 10.3. The van der Waals surface area contributed by atoms with Crippen LogP contribution in [0.4, 0.5) is 0 Å². The highest BCUT2D eigenvalue weighted by Gasteiger charge is 2.11. The van der Waals surface area contributed by atoms with Gasteiger partial charge in [0.05, 0.1) is 7.11 Å². The number of carbonyl (C=O) groups excluding carboxylic acids is 2. The van der Waals surface area contributed by atoms with Gasteiger partial charge in [-0.2, -0.15) is 0 Å². The van der Waals surface area contributed by atoms with Crippen LogP contribution in [-0.4, -0.2) is 19.4 Å². The van der Waals surface area contributed by atoms with Crippen molar-refractivity contribution in [3.63, 3.8) is 0 Å². The lowest BCUT2D eigenvalue weighted by atomic mass is 10.1. The Hall–Kier alpha value is -1.84. The van der Waals surface area contributed by atoms with Gasteiger partial charge in [-0.05, 0) is 30.5 Å². The number of hydrogen-bond acceptors (Lipinski definition) is 4. The van der Waals surface area contributed by atoms with E-state index in [1.165, 1.54) is 13.2 Å². The summed E-state index contributed by atoms with van der Waals surface area (Å²) in [5.41, 5.74) is 0.480. The van der Waals surface area contributed by atoms with Crippen LogP contribution < -0.4 is 9.47 Å². The Bertz CT molecular complexity index is 424. The quantitative estimate of drug-likeness (QED) is 0.442. The monoisotopic (exact) mass is 250 g/mol. The fourth-order valence-electron chi connectivity index (χ4n) is 1.42. The van der Waals surface area contributed by atoms with Gasteiger partial charge in [0.1, 0.15) is 6.29 Å². The Kier molecular flexibility index (Phi) is 5.36. The highest BCUT2D eigenvalue weighted by atomic mass is 16.6. The van der Waals surface area contributed by atoms with Crippen LogP contribution in [0.5, 0.6) is 11.5 Å². The zero-order chi connectivity index (χ0) is 13.5. The van der Waals surface area contributed by atoms with Crippen molar-refractivity contribution in [2.75, 3.05) is 7.11 Å². The Morgan fingerprint density at radius 2 is 2.06 bits per heavy atom. The lowest BCUT2D eigenvalue weighted by Crippen LogP contribution is -2.09. The molecule has 4 heteroatoms. The van der Waals surface area contributed by atoms with Gasteiger partial charge < -0.3 is 9.47 Å². The van der Waals surface area contributed by atoms with Crippen LogP contribution in [0.3, 0.4) is 0 Å². The van der Waals surface area contributed by atoms with Gasteiger partial charge in [0.25, 0.3) is 0 Å². The normalized spacial score (nSPS) is 10.2. The van der Waals surface area contributed by atoms with Crippen molar-refractivity contribution < 1.29 is 19.1 Å². The smallest absolute Gasteiger partial charge is 0.311 e. The third-order valence-electron chi connectivity index (χ3n) is 2.47.